The largest absolute Gasteiger partial charge is 0.481 e. The van der Waals surface area contributed by atoms with Crippen LogP contribution in [0.5, 0.6) is 0 Å². The van der Waals surface area contributed by atoms with E-state index in [1.165, 1.54) is 0 Å². The van der Waals surface area contributed by atoms with Crippen molar-refractivity contribution in [1.82, 2.24) is 4.90 Å². The fourth-order valence-corrected chi connectivity index (χ4v) is 2.46. The van der Waals surface area contributed by atoms with Crippen molar-refractivity contribution in [3.8, 4) is 0 Å². The standard InChI is InChI=1S/C13H23NO4/c1-8-6-10(11(15)16)7-9(2)14(8)12(17)18-13(3,4)5/h8-10H,6-7H2,1-5H3,(H,15,16)/t8-,9+,10?. The minimum absolute atomic E-state index is 0.107. The maximum atomic E-state index is 12.1. The predicted octanol–water partition coefficient (Wildman–Crippen LogP) is 2.50. The lowest BCUT2D eigenvalue weighted by molar-refractivity contribution is -0.144. The second-order valence-corrected chi connectivity index (χ2v) is 6.09. The van der Waals surface area contributed by atoms with E-state index in [2.05, 4.69) is 0 Å². The highest BCUT2D eigenvalue weighted by atomic mass is 16.6. The van der Waals surface area contributed by atoms with Crippen molar-refractivity contribution in [2.45, 2.75) is 65.1 Å². The number of likely N-dealkylation sites (tertiary alicyclic amines) is 1. The third-order valence-electron chi connectivity index (χ3n) is 3.15. The molecule has 0 aromatic heterocycles. The highest BCUT2D eigenvalue weighted by molar-refractivity contribution is 5.72. The maximum absolute atomic E-state index is 12.1. The van der Waals surface area contributed by atoms with Crippen LogP contribution in [0.15, 0.2) is 0 Å². The number of aliphatic carboxylic acids is 1. The van der Waals surface area contributed by atoms with Gasteiger partial charge in [0.1, 0.15) is 5.60 Å². The van der Waals surface area contributed by atoms with Gasteiger partial charge in [-0.1, -0.05) is 0 Å². The summed E-state index contributed by atoms with van der Waals surface area (Å²) < 4.78 is 5.35. The van der Waals surface area contributed by atoms with Crippen LogP contribution in [-0.4, -0.2) is 39.8 Å². The lowest BCUT2D eigenvalue weighted by Gasteiger charge is -2.41. The molecule has 104 valence electrons. The second kappa shape index (κ2) is 5.16. The molecule has 3 atom stereocenters. The minimum atomic E-state index is -0.780. The van der Waals surface area contributed by atoms with Gasteiger partial charge in [-0.25, -0.2) is 4.79 Å². The molecule has 0 aromatic carbocycles. The van der Waals surface area contributed by atoms with Gasteiger partial charge in [-0.15, -0.1) is 0 Å². The van der Waals surface area contributed by atoms with Gasteiger partial charge in [0.25, 0.3) is 0 Å². The molecular weight excluding hydrogens is 234 g/mol. The number of hydrogen-bond donors (Lipinski definition) is 1. The molecule has 0 saturated carbocycles. The zero-order valence-corrected chi connectivity index (χ0v) is 11.8. The van der Waals surface area contributed by atoms with Gasteiger partial charge in [-0.3, -0.25) is 4.79 Å². The van der Waals surface area contributed by atoms with Crippen molar-refractivity contribution >= 4 is 12.1 Å². The number of nitrogens with zero attached hydrogens (tertiary/aromatic N) is 1. The zero-order valence-electron chi connectivity index (χ0n) is 11.8. The van der Waals surface area contributed by atoms with E-state index in [-0.39, 0.29) is 24.1 Å². The Labute approximate surface area is 108 Å². The Morgan fingerprint density at radius 1 is 1.17 bits per heavy atom. The molecule has 5 nitrogen and oxygen atoms in total. The van der Waals surface area contributed by atoms with E-state index in [0.29, 0.717) is 12.8 Å². The topological polar surface area (TPSA) is 66.8 Å². The van der Waals surface area contributed by atoms with Crippen LogP contribution in [0.3, 0.4) is 0 Å². The van der Waals surface area contributed by atoms with E-state index in [9.17, 15) is 9.59 Å². The fraction of sp³-hybridized carbons (Fsp3) is 0.846. The molecule has 5 heteroatoms. The van der Waals surface area contributed by atoms with Crippen LogP contribution < -0.4 is 0 Å². The van der Waals surface area contributed by atoms with Crippen molar-refractivity contribution in [2.75, 3.05) is 0 Å². The van der Waals surface area contributed by atoms with E-state index in [0.717, 1.165) is 0 Å². The summed E-state index contributed by atoms with van der Waals surface area (Å²) >= 11 is 0. The molecule has 1 aliphatic rings. The summed E-state index contributed by atoms with van der Waals surface area (Å²) in [5.41, 5.74) is -0.528. The number of carbonyl (C=O) groups is 2. The monoisotopic (exact) mass is 257 g/mol. The van der Waals surface area contributed by atoms with Crippen LogP contribution in [0.2, 0.25) is 0 Å². The number of rotatable bonds is 1. The first-order valence-electron chi connectivity index (χ1n) is 6.36. The van der Waals surface area contributed by atoms with Crippen molar-refractivity contribution in [3.63, 3.8) is 0 Å². The molecule has 1 aliphatic heterocycles. The Morgan fingerprint density at radius 2 is 1.61 bits per heavy atom. The van der Waals surface area contributed by atoms with Crippen LogP contribution in [0.4, 0.5) is 4.79 Å². The number of hydrogen-bond acceptors (Lipinski definition) is 3. The Hall–Kier alpha value is -1.26. The molecule has 1 N–H and O–H groups in total. The van der Waals surface area contributed by atoms with Gasteiger partial charge in [0.05, 0.1) is 5.92 Å². The minimum Gasteiger partial charge on any atom is -0.481 e. The van der Waals surface area contributed by atoms with Crippen LogP contribution in [-0.2, 0) is 9.53 Å². The van der Waals surface area contributed by atoms with Crippen molar-refractivity contribution in [3.05, 3.63) is 0 Å². The molecule has 1 fully saturated rings. The molecule has 18 heavy (non-hydrogen) atoms. The Bertz CT molecular complexity index is 322. The first-order chi connectivity index (χ1) is 8.11. The Morgan fingerprint density at radius 3 is 1.94 bits per heavy atom. The van der Waals surface area contributed by atoms with Crippen molar-refractivity contribution in [2.24, 2.45) is 5.92 Å². The molecular formula is C13H23NO4. The third kappa shape index (κ3) is 3.62. The summed E-state index contributed by atoms with van der Waals surface area (Å²) in [6.45, 7) is 9.21. The van der Waals surface area contributed by atoms with Crippen LogP contribution in [0.1, 0.15) is 47.5 Å². The van der Waals surface area contributed by atoms with Crippen molar-refractivity contribution < 1.29 is 19.4 Å². The smallest absolute Gasteiger partial charge is 0.410 e. The number of ether oxygens (including phenoxy) is 1. The van der Waals surface area contributed by atoms with Crippen LogP contribution >= 0.6 is 0 Å². The molecule has 0 bridgehead atoms. The van der Waals surface area contributed by atoms with Crippen LogP contribution in [0, 0.1) is 5.92 Å². The zero-order chi connectivity index (χ0) is 14.1. The van der Waals surface area contributed by atoms with E-state index >= 15 is 0 Å². The van der Waals surface area contributed by atoms with E-state index < -0.39 is 11.6 Å². The summed E-state index contributed by atoms with van der Waals surface area (Å²) in [6.07, 6.45) is 0.615. The van der Waals surface area contributed by atoms with Gasteiger partial charge in [-0.2, -0.15) is 0 Å². The van der Waals surface area contributed by atoms with Gasteiger partial charge in [-0.05, 0) is 47.5 Å². The normalized spacial score (nSPS) is 28.9. The molecule has 1 heterocycles. The molecule has 1 saturated heterocycles. The molecule has 1 rings (SSSR count). The number of amides is 1. The summed E-state index contributed by atoms with van der Waals surface area (Å²) in [7, 11) is 0. The van der Waals surface area contributed by atoms with Crippen LogP contribution in [0.25, 0.3) is 0 Å². The van der Waals surface area contributed by atoms with E-state index in [4.69, 9.17) is 9.84 Å². The van der Waals surface area contributed by atoms with E-state index in [1.807, 2.05) is 34.6 Å². The lowest BCUT2D eigenvalue weighted by Crippen LogP contribution is -2.52. The predicted molar refractivity (Wildman–Crippen MR) is 67.4 cm³/mol. The number of carbonyl (C=O) groups excluding carboxylic acids is 1. The van der Waals surface area contributed by atoms with Gasteiger partial charge < -0.3 is 14.7 Å². The second-order valence-electron chi connectivity index (χ2n) is 6.09. The van der Waals surface area contributed by atoms with Crippen molar-refractivity contribution in [1.29, 1.82) is 0 Å². The average molecular weight is 257 g/mol. The first kappa shape index (κ1) is 14.8. The Kier molecular flexibility index (Phi) is 4.24. The number of carboxylic acids is 1. The SMILES string of the molecule is C[C@@H]1CC(C(=O)O)C[C@H](C)N1C(=O)OC(C)(C)C. The van der Waals surface area contributed by atoms with E-state index in [1.54, 1.807) is 4.90 Å². The lowest BCUT2D eigenvalue weighted by atomic mass is 9.87. The average Bonchev–Trinajstić information content (AvgIpc) is 2.12. The molecule has 1 unspecified atom stereocenters. The Balaban J connectivity index is 2.73. The summed E-state index contributed by atoms with van der Waals surface area (Å²) in [5, 5.41) is 9.05. The molecule has 0 aromatic rings. The number of carboxylic acid groups (broad SMARTS) is 1. The fourth-order valence-electron chi connectivity index (χ4n) is 2.46. The van der Waals surface area contributed by atoms with Gasteiger partial charge >= 0.3 is 12.1 Å². The summed E-state index contributed by atoms with van der Waals surface area (Å²) in [5.74, 6) is -1.15. The van der Waals surface area contributed by atoms with Gasteiger partial charge in [0.15, 0.2) is 0 Å². The highest BCUT2D eigenvalue weighted by Crippen LogP contribution is 2.29. The molecule has 0 spiro atoms. The molecule has 1 amide bonds. The summed E-state index contributed by atoms with van der Waals surface area (Å²) in [4.78, 5) is 24.7. The first-order valence-corrected chi connectivity index (χ1v) is 6.36. The maximum Gasteiger partial charge on any atom is 0.410 e. The molecule has 0 radical (unpaired) electrons. The summed E-state index contributed by atoms with van der Waals surface area (Å²) in [6, 6.07) is -0.214. The molecule has 0 aliphatic carbocycles. The van der Waals surface area contributed by atoms with Gasteiger partial charge in [0.2, 0.25) is 0 Å². The third-order valence-corrected chi connectivity index (χ3v) is 3.15. The number of piperidine rings is 1. The quantitative estimate of drug-likeness (QED) is 0.783. The van der Waals surface area contributed by atoms with Gasteiger partial charge in [0, 0.05) is 12.1 Å². The highest BCUT2D eigenvalue weighted by Gasteiger charge is 2.38.